The molecule has 35 heavy (non-hydrogen) atoms. The van der Waals surface area contributed by atoms with Crippen molar-refractivity contribution in [1.29, 1.82) is 0 Å². The van der Waals surface area contributed by atoms with Gasteiger partial charge in [0, 0.05) is 23.9 Å². The van der Waals surface area contributed by atoms with Crippen LogP contribution in [0.2, 0.25) is 0 Å². The number of amides is 2. The van der Waals surface area contributed by atoms with E-state index in [-0.39, 0.29) is 28.5 Å². The smallest absolute Gasteiger partial charge is 0.392 e. The fourth-order valence-corrected chi connectivity index (χ4v) is 3.26. The number of nitrogens with one attached hydrogen (secondary N) is 1. The summed E-state index contributed by atoms with van der Waals surface area (Å²) in [4.78, 5) is 28.5. The molecule has 11 heteroatoms. The van der Waals surface area contributed by atoms with Gasteiger partial charge in [0.05, 0.1) is 24.1 Å². The third-order valence-electron chi connectivity index (χ3n) is 4.91. The van der Waals surface area contributed by atoms with Crippen LogP contribution in [0.3, 0.4) is 0 Å². The lowest BCUT2D eigenvalue weighted by atomic mass is 10.1. The highest BCUT2D eigenvalue weighted by molar-refractivity contribution is 5.97. The molecule has 0 fully saturated rings. The van der Waals surface area contributed by atoms with E-state index in [1.807, 2.05) is 6.92 Å². The molecule has 186 valence electrons. The normalized spacial score (nSPS) is 12.2. The molecule has 8 nitrogen and oxygen atoms in total. The van der Waals surface area contributed by atoms with Gasteiger partial charge in [-0.05, 0) is 24.3 Å². The van der Waals surface area contributed by atoms with E-state index in [1.54, 1.807) is 24.3 Å². The van der Waals surface area contributed by atoms with Crippen LogP contribution in [-0.2, 0) is 0 Å². The number of fused-ring (bicyclic) bond motifs is 1. The van der Waals surface area contributed by atoms with Crippen LogP contribution in [0.15, 0.2) is 48.5 Å². The number of carbonyl (C=O) groups excluding carboxylic acids is 2. The molecular formula is C24H24F3N3O5. The van der Waals surface area contributed by atoms with Crippen molar-refractivity contribution in [3.05, 3.63) is 59.8 Å². The summed E-state index contributed by atoms with van der Waals surface area (Å²) < 4.78 is 48.8. The predicted octanol–water partition coefficient (Wildman–Crippen LogP) is 4.31. The number of hydrogen-bond donors (Lipinski definition) is 3. The molecule has 0 radical (unpaired) electrons. The van der Waals surface area contributed by atoms with Gasteiger partial charge in [-0.25, -0.2) is 4.98 Å². The quantitative estimate of drug-likeness (QED) is 0.363. The van der Waals surface area contributed by atoms with Gasteiger partial charge in [-0.2, -0.15) is 13.2 Å². The second-order valence-corrected chi connectivity index (χ2v) is 7.65. The topological polar surface area (TPSA) is 124 Å². The zero-order valence-corrected chi connectivity index (χ0v) is 18.8. The van der Waals surface area contributed by atoms with Crippen LogP contribution < -0.4 is 20.5 Å². The number of phenols is 1. The van der Waals surface area contributed by atoms with Crippen molar-refractivity contribution in [1.82, 2.24) is 10.3 Å². The first kappa shape index (κ1) is 25.6. The minimum Gasteiger partial charge on any atom is -0.507 e. The van der Waals surface area contributed by atoms with E-state index in [4.69, 9.17) is 15.2 Å². The van der Waals surface area contributed by atoms with Gasteiger partial charge < -0.3 is 25.6 Å². The molecule has 2 aromatic carbocycles. The highest BCUT2D eigenvalue weighted by atomic mass is 19.4. The number of benzene rings is 2. The zero-order chi connectivity index (χ0) is 25.6. The number of nitrogens with zero attached hydrogens (tertiary/aromatic N) is 1. The Balaban J connectivity index is 1.80. The Labute approximate surface area is 198 Å². The second-order valence-electron chi connectivity index (χ2n) is 7.65. The first-order valence-electron chi connectivity index (χ1n) is 10.8. The number of rotatable bonds is 10. The van der Waals surface area contributed by atoms with Crippen molar-refractivity contribution in [2.24, 2.45) is 5.73 Å². The van der Waals surface area contributed by atoms with Crippen molar-refractivity contribution < 1.29 is 37.3 Å². The average Bonchev–Trinajstić information content (AvgIpc) is 2.78. The molecule has 0 saturated carbocycles. The van der Waals surface area contributed by atoms with Crippen LogP contribution in [0.5, 0.6) is 17.2 Å². The highest BCUT2D eigenvalue weighted by Gasteiger charge is 2.27. The number of pyridine rings is 1. The van der Waals surface area contributed by atoms with E-state index >= 15 is 0 Å². The van der Waals surface area contributed by atoms with Gasteiger partial charge in [-0.3, -0.25) is 9.59 Å². The Morgan fingerprint density at radius 2 is 1.91 bits per heavy atom. The molecule has 0 aliphatic heterocycles. The van der Waals surface area contributed by atoms with Gasteiger partial charge in [0.25, 0.3) is 11.8 Å². The van der Waals surface area contributed by atoms with Crippen LogP contribution >= 0.6 is 0 Å². The van der Waals surface area contributed by atoms with Crippen LogP contribution in [-0.4, -0.2) is 40.9 Å². The fraction of sp³-hybridized carbons (Fsp3) is 0.292. The molecule has 1 unspecified atom stereocenters. The number of aromatic nitrogens is 1. The lowest BCUT2D eigenvalue weighted by molar-refractivity contribution is -0.139. The average molecular weight is 491 g/mol. The molecule has 0 spiro atoms. The maximum Gasteiger partial charge on any atom is 0.392 e. The summed E-state index contributed by atoms with van der Waals surface area (Å²) in [5, 5.41) is 13.1. The lowest BCUT2D eigenvalue weighted by Gasteiger charge is -2.20. The molecule has 0 bridgehead atoms. The lowest BCUT2D eigenvalue weighted by Crippen LogP contribution is -2.39. The van der Waals surface area contributed by atoms with Crippen molar-refractivity contribution in [2.75, 3.05) is 6.61 Å². The minimum absolute atomic E-state index is 0.0673. The van der Waals surface area contributed by atoms with Crippen molar-refractivity contribution >= 4 is 22.7 Å². The summed E-state index contributed by atoms with van der Waals surface area (Å²) in [5.74, 6) is -1.51. The van der Waals surface area contributed by atoms with E-state index in [0.717, 1.165) is 0 Å². The molecule has 1 atom stereocenters. The number of hydrogen-bond acceptors (Lipinski definition) is 6. The summed E-state index contributed by atoms with van der Waals surface area (Å²) >= 11 is 0. The zero-order valence-electron chi connectivity index (χ0n) is 18.8. The molecular weight excluding hydrogens is 467 g/mol. The van der Waals surface area contributed by atoms with E-state index < -0.39 is 37.2 Å². The monoisotopic (exact) mass is 491 g/mol. The summed E-state index contributed by atoms with van der Waals surface area (Å²) in [5.41, 5.74) is 5.41. The number of aromatic hydroxyl groups is 1. The Kier molecular flexibility index (Phi) is 8.00. The van der Waals surface area contributed by atoms with Gasteiger partial charge >= 0.3 is 6.18 Å². The van der Waals surface area contributed by atoms with Gasteiger partial charge in [0.15, 0.2) is 6.23 Å². The van der Waals surface area contributed by atoms with Crippen molar-refractivity contribution in [2.45, 2.75) is 38.6 Å². The minimum atomic E-state index is -4.38. The molecule has 1 aromatic heterocycles. The molecule has 0 saturated heterocycles. The number of ether oxygens (including phenoxy) is 2. The van der Waals surface area contributed by atoms with Crippen LogP contribution in [0.1, 0.15) is 47.0 Å². The number of para-hydroxylation sites is 1. The second kappa shape index (κ2) is 10.9. The van der Waals surface area contributed by atoms with Gasteiger partial charge in [-0.1, -0.05) is 25.5 Å². The molecule has 1 heterocycles. The van der Waals surface area contributed by atoms with Gasteiger partial charge in [-0.15, -0.1) is 0 Å². The largest absolute Gasteiger partial charge is 0.507 e. The van der Waals surface area contributed by atoms with Crippen LogP contribution in [0.4, 0.5) is 13.2 Å². The SMILES string of the molecule is CCCC(NC(=O)c1cc(OCCC(F)(F)F)c2ccccc2n1)Oc1ccc(C(N)=O)c(O)c1. The highest BCUT2D eigenvalue weighted by Crippen LogP contribution is 2.28. The fourth-order valence-electron chi connectivity index (χ4n) is 3.26. The molecule has 3 aromatic rings. The van der Waals surface area contributed by atoms with Gasteiger partial charge in [0.2, 0.25) is 0 Å². The Bertz CT molecular complexity index is 1220. The van der Waals surface area contributed by atoms with Crippen LogP contribution in [0.25, 0.3) is 10.9 Å². The number of carbonyl (C=O) groups is 2. The first-order valence-corrected chi connectivity index (χ1v) is 10.8. The number of alkyl halides is 3. The number of primary amides is 1. The third-order valence-corrected chi connectivity index (χ3v) is 4.91. The van der Waals surface area contributed by atoms with Crippen molar-refractivity contribution in [3.8, 4) is 17.2 Å². The summed E-state index contributed by atoms with van der Waals surface area (Å²) in [6.07, 6.45) is -5.31. The standard InChI is InChI=1S/C24H24F3N3O5/c1-2-5-21(35-14-8-9-16(22(28)32)19(31)12-14)30-23(33)18-13-20(34-11-10-24(25,26)27)15-6-3-4-7-17(15)29-18/h3-4,6-9,12-13,21,31H,2,5,10-11H2,1H3,(H2,28,32)(H,30,33). The third kappa shape index (κ3) is 6.98. The number of nitrogens with two attached hydrogens (primary N) is 1. The molecule has 4 N–H and O–H groups in total. The van der Waals surface area contributed by atoms with E-state index in [2.05, 4.69) is 10.3 Å². The summed E-state index contributed by atoms with van der Waals surface area (Å²) in [6.45, 7) is 1.27. The van der Waals surface area contributed by atoms with Gasteiger partial charge in [0.1, 0.15) is 22.9 Å². The van der Waals surface area contributed by atoms with E-state index in [1.165, 1.54) is 24.3 Å². The van der Waals surface area contributed by atoms with Crippen molar-refractivity contribution in [3.63, 3.8) is 0 Å². The molecule has 0 aliphatic rings. The van der Waals surface area contributed by atoms with E-state index in [0.29, 0.717) is 23.7 Å². The van der Waals surface area contributed by atoms with Crippen LogP contribution in [0, 0.1) is 0 Å². The first-order chi connectivity index (χ1) is 16.6. The summed E-state index contributed by atoms with van der Waals surface area (Å²) in [7, 11) is 0. The molecule has 3 rings (SSSR count). The Morgan fingerprint density at radius 1 is 1.17 bits per heavy atom. The summed E-state index contributed by atoms with van der Waals surface area (Å²) in [6, 6.07) is 11.8. The molecule has 0 aliphatic carbocycles. The predicted molar refractivity (Wildman–Crippen MR) is 121 cm³/mol. The Hall–Kier alpha value is -4.02. The Morgan fingerprint density at radius 3 is 2.57 bits per heavy atom. The molecule has 2 amide bonds. The maximum atomic E-state index is 13.0. The maximum absolute atomic E-state index is 13.0. The van der Waals surface area contributed by atoms with E-state index in [9.17, 15) is 27.9 Å². The number of halogens is 3.